The van der Waals surface area contributed by atoms with Crippen LogP contribution >= 0.6 is 0 Å². The molecule has 3 rings (SSSR count). The van der Waals surface area contributed by atoms with Crippen molar-refractivity contribution in [1.29, 1.82) is 0 Å². The molecule has 0 spiro atoms. The third-order valence-corrected chi connectivity index (χ3v) is 6.68. The Hall–Kier alpha value is -3.13. The predicted molar refractivity (Wildman–Crippen MR) is 126 cm³/mol. The molecule has 2 aromatic carbocycles. The Morgan fingerprint density at radius 2 is 1.91 bits per heavy atom. The summed E-state index contributed by atoms with van der Waals surface area (Å²) in [5, 5.41) is 2.87. The van der Waals surface area contributed by atoms with E-state index in [2.05, 4.69) is 15.0 Å². The van der Waals surface area contributed by atoms with Gasteiger partial charge in [0.05, 0.1) is 11.2 Å². The molecule has 1 aromatic heterocycles. The number of amides is 1. The maximum Gasteiger partial charge on any atom is 0.262 e. The van der Waals surface area contributed by atoms with Crippen LogP contribution in [0.1, 0.15) is 48.7 Å². The van der Waals surface area contributed by atoms with E-state index in [-0.39, 0.29) is 16.2 Å². The Morgan fingerprint density at radius 1 is 1.12 bits per heavy atom. The molecule has 0 radical (unpaired) electrons. The smallest absolute Gasteiger partial charge is 0.262 e. The number of nitrogens with zero attached hydrogens (tertiary/aromatic N) is 2. The molecule has 32 heavy (non-hydrogen) atoms. The summed E-state index contributed by atoms with van der Waals surface area (Å²) in [6.45, 7) is 9.16. The molecule has 8 heteroatoms. The molecule has 0 aliphatic carbocycles. The van der Waals surface area contributed by atoms with Crippen molar-refractivity contribution in [3.8, 4) is 0 Å². The molecule has 3 aromatic rings. The van der Waals surface area contributed by atoms with Gasteiger partial charge in [-0.05, 0) is 54.2 Å². The molecule has 0 atom stereocenters. The number of hydrogen-bond acceptors (Lipinski definition) is 4. The van der Waals surface area contributed by atoms with Crippen LogP contribution in [0, 0.1) is 6.92 Å². The van der Waals surface area contributed by atoms with Gasteiger partial charge in [-0.2, -0.15) is 0 Å². The van der Waals surface area contributed by atoms with Gasteiger partial charge in [0.2, 0.25) is 0 Å². The number of aryl methyl sites for hydroxylation is 2. The number of carbonyl (C=O) groups is 1. The van der Waals surface area contributed by atoms with Gasteiger partial charge in [-0.3, -0.25) is 9.52 Å². The average Bonchev–Trinajstić information content (AvgIpc) is 3.24. The third kappa shape index (κ3) is 5.97. The second kappa shape index (κ2) is 9.56. The Kier molecular flexibility index (Phi) is 7.03. The van der Waals surface area contributed by atoms with Gasteiger partial charge in [-0.15, -0.1) is 0 Å². The van der Waals surface area contributed by atoms with Crippen molar-refractivity contribution in [2.75, 3.05) is 11.3 Å². The molecule has 0 unspecified atom stereocenters. The van der Waals surface area contributed by atoms with Crippen LogP contribution in [0.3, 0.4) is 0 Å². The second-order valence-corrected chi connectivity index (χ2v) is 10.5. The van der Waals surface area contributed by atoms with Gasteiger partial charge >= 0.3 is 0 Å². The van der Waals surface area contributed by atoms with E-state index in [0.717, 1.165) is 18.5 Å². The Balaban J connectivity index is 1.69. The van der Waals surface area contributed by atoms with Crippen molar-refractivity contribution < 1.29 is 13.2 Å². The third-order valence-electron chi connectivity index (χ3n) is 5.16. The highest BCUT2D eigenvalue weighted by Crippen LogP contribution is 2.28. The van der Waals surface area contributed by atoms with Gasteiger partial charge in [0.1, 0.15) is 0 Å². The van der Waals surface area contributed by atoms with Crippen LogP contribution in [-0.2, 0) is 22.0 Å². The fourth-order valence-corrected chi connectivity index (χ4v) is 4.60. The summed E-state index contributed by atoms with van der Waals surface area (Å²) in [6.07, 6.45) is 6.08. The zero-order valence-corrected chi connectivity index (χ0v) is 19.7. The van der Waals surface area contributed by atoms with Gasteiger partial charge in [0.15, 0.2) is 0 Å². The summed E-state index contributed by atoms with van der Waals surface area (Å²) in [4.78, 5) is 16.7. The largest absolute Gasteiger partial charge is 0.352 e. The predicted octanol–water partition coefficient (Wildman–Crippen LogP) is 4.11. The summed E-state index contributed by atoms with van der Waals surface area (Å²) in [5.74, 6) is -0.248. The lowest BCUT2D eigenvalue weighted by Gasteiger charge is -2.21. The fraction of sp³-hybridized carbons (Fsp3) is 0.333. The first-order valence-corrected chi connectivity index (χ1v) is 12.0. The van der Waals surface area contributed by atoms with E-state index in [1.54, 1.807) is 49.8 Å². The number of anilines is 1. The molecule has 7 nitrogen and oxygen atoms in total. The standard InChI is InChI=1S/C24H30N4O3S/c1-18-9-10-20(24(2,3)4)16-22(18)32(30,31)27-21-8-5-7-19(15-21)23(29)26-11-6-13-28-14-12-25-17-28/h5,7-10,12,14-17,27H,6,11,13H2,1-4H3,(H,26,29). The SMILES string of the molecule is Cc1ccc(C(C)(C)C)cc1S(=O)(=O)Nc1cccc(C(=O)NCCCn2ccnc2)c1. The van der Waals surface area contributed by atoms with Crippen molar-refractivity contribution in [3.63, 3.8) is 0 Å². The summed E-state index contributed by atoms with van der Waals surface area (Å²) in [7, 11) is -3.81. The number of imidazole rings is 1. The van der Waals surface area contributed by atoms with E-state index in [1.807, 2.05) is 43.7 Å². The lowest BCUT2D eigenvalue weighted by atomic mass is 9.87. The number of rotatable bonds is 8. The molecule has 0 aliphatic heterocycles. The zero-order valence-electron chi connectivity index (χ0n) is 18.9. The Labute approximate surface area is 189 Å². The number of carbonyl (C=O) groups excluding carboxylic acids is 1. The van der Waals surface area contributed by atoms with Crippen LogP contribution < -0.4 is 10.0 Å². The van der Waals surface area contributed by atoms with Gasteiger partial charge in [0, 0.05) is 36.7 Å². The molecule has 170 valence electrons. The number of aromatic nitrogens is 2. The number of nitrogens with one attached hydrogen (secondary N) is 2. The average molecular weight is 455 g/mol. The molecule has 1 heterocycles. The maximum atomic E-state index is 13.1. The van der Waals surface area contributed by atoms with Crippen molar-refractivity contribution >= 4 is 21.6 Å². The Morgan fingerprint density at radius 3 is 2.59 bits per heavy atom. The quantitative estimate of drug-likeness (QED) is 0.501. The first kappa shape index (κ1) is 23.5. The molecule has 0 aliphatic rings. The van der Waals surface area contributed by atoms with Gasteiger partial charge in [-0.1, -0.05) is 39.0 Å². The number of hydrogen-bond donors (Lipinski definition) is 2. The zero-order chi connectivity index (χ0) is 23.4. The number of benzene rings is 2. The van der Waals surface area contributed by atoms with Gasteiger partial charge < -0.3 is 9.88 Å². The van der Waals surface area contributed by atoms with Crippen LogP contribution in [0.5, 0.6) is 0 Å². The van der Waals surface area contributed by atoms with E-state index in [0.29, 0.717) is 23.4 Å². The van der Waals surface area contributed by atoms with E-state index in [9.17, 15) is 13.2 Å². The highest BCUT2D eigenvalue weighted by Gasteiger charge is 2.22. The van der Waals surface area contributed by atoms with Crippen LogP contribution in [-0.4, -0.2) is 30.4 Å². The highest BCUT2D eigenvalue weighted by atomic mass is 32.2. The Bertz CT molecular complexity index is 1180. The van der Waals surface area contributed by atoms with E-state index < -0.39 is 10.0 Å². The van der Waals surface area contributed by atoms with Crippen LogP contribution in [0.15, 0.2) is 66.1 Å². The van der Waals surface area contributed by atoms with Gasteiger partial charge in [-0.25, -0.2) is 13.4 Å². The highest BCUT2D eigenvalue weighted by molar-refractivity contribution is 7.92. The molecule has 0 bridgehead atoms. The maximum absolute atomic E-state index is 13.1. The van der Waals surface area contributed by atoms with Crippen molar-refractivity contribution in [2.24, 2.45) is 0 Å². The monoisotopic (exact) mass is 454 g/mol. The van der Waals surface area contributed by atoms with Crippen molar-refractivity contribution in [1.82, 2.24) is 14.9 Å². The summed E-state index contributed by atoms with van der Waals surface area (Å²) < 4.78 is 30.7. The minimum atomic E-state index is -3.81. The molecule has 0 saturated heterocycles. The fourth-order valence-electron chi connectivity index (χ4n) is 3.27. The van der Waals surface area contributed by atoms with E-state index in [4.69, 9.17) is 0 Å². The molecule has 1 amide bonds. The topological polar surface area (TPSA) is 93.1 Å². The lowest BCUT2D eigenvalue weighted by Crippen LogP contribution is -2.25. The van der Waals surface area contributed by atoms with Crippen molar-refractivity contribution in [2.45, 2.75) is 51.0 Å². The molecule has 0 saturated carbocycles. The molecule has 2 N–H and O–H groups in total. The molecular weight excluding hydrogens is 424 g/mol. The van der Waals surface area contributed by atoms with Crippen LogP contribution in [0.2, 0.25) is 0 Å². The van der Waals surface area contributed by atoms with E-state index >= 15 is 0 Å². The second-order valence-electron chi connectivity index (χ2n) is 8.83. The molecular formula is C24H30N4O3S. The molecule has 0 fully saturated rings. The van der Waals surface area contributed by atoms with E-state index in [1.165, 1.54) is 0 Å². The first-order chi connectivity index (χ1) is 15.1. The summed E-state index contributed by atoms with van der Waals surface area (Å²) in [6, 6.07) is 12.0. The summed E-state index contributed by atoms with van der Waals surface area (Å²) >= 11 is 0. The van der Waals surface area contributed by atoms with Crippen LogP contribution in [0.25, 0.3) is 0 Å². The van der Waals surface area contributed by atoms with Crippen molar-refractivity contribution in [3.05, 3.63) is 77.9 Å². The first-order valence-electron chi connectivity index (χ1n) is 10.5. The lowest BCUT2D eigenvalue weighted by molar-refractivity contribution is 0.0952. The number of sulfonamides is 1. The summed E-state index contributed by atoms with van der Waals surface area (Å²) in [5.41, 5.74) is 2.17. The van der Waals surface area contributed by atoms with Gasteiger partial charge in [0.25, 0.3) is 15.9 Å². The normalized spacial score (nSPS) is 11.9. The minimum Gasteiger partial charge on any atom is -0.352 e. The minimum absolute atomic E-state index is 0.173. The van der Waals surface area contributed by atoms with Crippen LogP contribution in [0.4, 0.5) is 5.69 Å².